The minimum atomic E-state index is -0.361. The summed E-state index contributed by atoms with van der Waals surface area (Å²) in [5.74, 6) is 0.343. The van der Waals surface area contributed by atoms with E-state index in [2.05, 4.69) is 20.9 Å². The summed E-state index contributed by atoms with van der Waals surface area (Å²) < 4.78 is 7.57. The molecule has 148 valence electrons. The van der Waals surface area contributed by atoms with Crippen LogP contribution >= 0.6 is 15.9 Å². The molecule has 6 heteroatoms. The van der Waals surface area contributed by atoms with Gasteiger partial charge in [-0.05, 0) is 42.0 Å². The third-order valence-electron chi connectivity index (χ3n) is 4.51. The lowest BCUT2D eigenvalue weighted by atomic mass is 10.1. The van der Waals surface area contributed by atoms with Crippen molar-refractivity contribution < 1.29 is 9.53 Å². The molecule has 0 N–H and O–H groups in total. The first-order valence-electron chi connectivity index (χ1n) is 9.28. The molecular weight excluding hydrogens is 442 g/mol. The largest absolute Gasteiger partial charge is 0.465 e. The molecule has 0 aliphatic rings. The normalized spacial score (nSPS) is 11.0. The first-order chi connectivity index (χ1) is 14.6. The van der Waals surface area contributed by atoms with Crippen molar-refractivity contribution in [2.24, 2.45) is 4.99 Å². The van der Waals surface area contributed by atoms with Gasteiger partial charge in [-0.25, -0.2) is 14.5 Å². The standard InChI is InChI=1S/C24H18BrN3O2/c1-30-24(29)19-9-7-17(8-10-19)16-26-23-15-22(18-11-13-20(25)14-12-18)27-28(23)21-5-3-2-4-6-21/h2-16H,1H3/b26-16+. The monoisotopic (exact) mass is 459 g/mol. The Bertz CT molecular complexity index is 1180. The first-order valence-corrected chi connectivity index (χ1v) is 10.1. The predicted molar refractivity (Wildman–Crippen MR) is 122 cm³/mol. The highest BCUT2D eigenvalue weighted by molar-refractivity contribution is 9.10. The van der Waals surface area contributed by atoms with Gasteiger partial charge in [-0.2, -0.15) is 5.10 Å². The van der Waals surface area contributed by atoms with E-state index in [-0.39, 0.29) is 5.97 Å². The molecule has 0 saturated carbocycles. The van der Waals surface area contributed by atoms with Crippen LogP contribution in [0.5, 0.6) is 0 Å². The van der Waals surface area contributed by atoms with E-state index in [0.717, 1.165) is 27.0 Å². The van der Waals surface area contributed by atoms with Gasteiger partial charge in [-0.1, -0.05) is 58.4 Å². The summed E-state index contributed by atoms with van der Waals surface area (Å²) in [6.07, 6.45) is 1.75. The molecule has 4 rings (SSSR count). The van der Waals surface area contributed by atoms with Gasteiger partial charge in [0.25, 0.3) is 0 Å². The quantitative estimate of drug-likeness (QED) is 0.278. The van der Waals surface area contributed by atoms with Crippen LogP contribution in [0, 0.1) is 0 Å². The topological polar surface area (TPSA) is 56.5 Å². The second-order valence-electron chi connectivity index (χ2n) is 6.51. The first kappa shape index (κ1) is 19.8. The van der Waals surface area contributed by atoms with E-state index in [0.29, 0.717) is 11.4 Å². The van der Waals surface area contributed by atoms with Crippen LogP contribution in [0.2, 0.25) is 0 Å². The number of carbonyl (C=O) groups excluding carboxylic acids is 1. The zero-order valence-electron chi connectivity index (χ0n) is 16.2. The number of para-hydroxylation sites is 1. The van der Waals surface area contributed by atoms with Gasteiger partial charge >= 0.3 is 5.97 Å². The Labute approximate surface area is 182 Å². The number of rotatable bonds is 5. The lowest BCUT2D eigenvalue weighted by Crippen LogP contribution is -2.00. The van der Waals surface area contributed by atoms with Crippen molar-refractivity contribution in [1.29, 1.82) is 0 Å². The zero-order chi connectivity index (χ0) is 20.9. The fourth-order valence-electron chi connectivity index (χ4n) is 2.95. The Morgan fingerprint density at radius 2 is 1.70 bits per heavy atom. The average Bonchev–Trinajstić information content (AvgIpc) is 3.23. The number of benzene rings is 3. The molecule has 0 aliphatic heterocycles. The van der Waals surface area contributed by atoms with Crippen LogP contribution in [0.25, 0.3) is 16.9 Å². The van der Waals surface area contributed by atoms with Crippen molar-refractivity contribution in [3.8, 4) is 16.9 Å². The van der Waals surface area contributed by atoms with Crippen LogP contribution in [0.4, 0.5) is 5.82 Å². The second-order valence-corrected chi connectivity index (χ2v) is 7.43. The number of halogens is 1. The summed E-state index contributed by atoms with van der Waals surface area (Å²) >= 11 is 3.47. The van der Waals surface area contributed by atoms with E-state index in [1.807, 2.05) is 77.5 Å². The predicted octanol–water partition coefficient (Wildman–Crippen LogP) is 5.84. The lowest BCUT2D eigenvalue weighted by Gasteiger charge is -2.03. The molecule has 0 aliphatic carbocycles. The van der Waals surface area contributed by atoms with Crippen molar-refractivity contribution >= 4 is 33.9 Å². The molecule has 0 amide bonds. The van der Waals surface area contributed by atoms with Crippen molar-refractivity contribution in [3.05, 3.63) is 101 Å². The van der Waals surface area contributed by atoms with E-state index in [4.69, 9.17) is 9.84 Å². The van der Waals surface area contributed by atoms with Crippen molar-refractivity contribution in [2.45, 2.75) is 0 Å². The SMILES string of the molecule is COC(=O)c1ccc(/C=N/c2cc(-c3ccc(Br)cc3)nn2-c2ccccc2)cc1. The molecule has 1 aromatic heterocycles. The molecule has 5 nitrogen and oxygen atoms in total. The van der Waals surface area contributed by atoms with Crippen molar-refractivity contribution in [1.82, 2.24) is 9.78 Å². The lowest BCUT2D eigenvalue weighted by molar-refractivity contribution is 0.0600. The van der Waals surface area contributed by atoms with Gasteiger partial charge in [-0.3, -0.25) is 0 Å². The number of nitrogens with zero attached hydrogens (tertiary/aromatic N) is 3. The van der Waals surface area contributed by atoms with Gasteiger partial charge in [0.1, 0.15) is 0 Å². The van der Waals surface area contributed by atoms with E-state index in [1.54, 1.807) is 18.3 Å². The van der Waals surface area contributed by atoms with Crippen LogP contribution in [-0.2, 0) is 4.74 Å². The number of esters is 1. The number of methoxy groups -OCH3 is 1. The summed E-state index contributed by atoms with van der Waals surface area (Å²) in [6, 6.07) is 26.9. The number of carbonyl (C=O) groups is 1. The molecule has 4 aromatic rings. The molecule has 1 heterocycles. The van der Waals surface area contributed by atoms with Crippen LogP contribution in [0.15, 0.2) is 94.4 Å². The molecule has 0 spiro atoms. The van der Waals surface area contributed by atoms with Crippen LogP contribution in [0.1, 0.15) is 15.9 Å². The molecule has 0 bridgehead atoms. The molecular formula is C24H18BrN3O2. The smallest absolute Gasteiger partial charge is 0.337 e. The fourth-order valence-corrected chi connectivity index (χ4v) is 3.21. The Balaban J connectivity index is 1.70. The van der Waals surface area contributed by atoms with E-state index >= 15 is 0 Å². The highest BCUT2D eigenvalue weighted by atomic mass is 79.9. The van der Waals surface area contributed by atoms with Crippen LogP contribution in [0.3, 0.4) is 0 Å². The number of hydrogen-bond donors (Lipinski definition) is 0. The van der Waals surface area contributed by atoms with E-state index in [1.165, 1.54) is 7.11 Å². The second kappa shape index (κ2) is 8.88. The maximum atomic E-state index is 11.6. The maximum Gasteiger partial charge on any atom is 0.337 e. The van der Waals surface area contributed by atoms with Gasteiger partial charge in [0.2, 0.25) is 0 Å². The number of aliphatic imine (C=N–C) groups is 1. The Morgan fingerprint density at radius 1 is 1.00 bits per heavy atom. The molecule has 30 heavy (non-hydrogen) atoms. The maximum absolute atomic E-state index is 11.6. The van der Waals surface area contributed by atoms with Gasteiger partial charge in [0, 0.05) is 22.3 Å². The molecule has 0 radical (unpaired) electrons. The number of hydrogen-bond acceptors (Lipinski definition) is 4. The zero-order valence-corrected chi connectivity index (χ0v) is 17.8. The third kappa shape index (κ3) is 4.39. The highest BCUT2D eigenvalue weighted by Crippen LogP contribution is 2.27. The summed E-state index contributed by atoms with van der Waals surface area (Å²) in [6.45, 7) is 0. The average molecular weight is 460 g/mol. The molecule has 0 saturated heterocycles. The van der Waals surface area contributed by atoms with Crippen LogP contribution in [-0.4, -0.2) is 29.1 Å². The van der Waals surface area contributed by atoms with Gasteiger partial charge in [-0.15, -0.1) is 0 Å². The minimum absolute atomic E-state index is 0.361. The third-order valence-corrected chi connectivity index (χ3v) is 5.04. The molecule has 3 aromatic carbocycles. The summed E-state index contributed by atoms with van der Waals surface area (Å²) in [5.41, 5.74) is 4.13. The van der Waals surface area contributed by atoms with Crippen molar-refractivity contribution in [3.63, 3.8) is 0 Å². The Morgan fingerprint density at radius 3 is 2.37 bits per heavy atom. The molecule has 0 unspecified atom stereocenters. The Kier molecular flexibility index (Phi) is 5.86. The van der Waals surface area contributed by atoms with E-state index in [9.17, 15) is 4.79 Å². The Hall–Kier alpha value is -3.51. The molecule has 0 fully saturated rings. The summed E-state index contributed by atoms with van der Waals surface area (Å²) in [5, 5.41) is 4.77. The number of aromatic nitrogens is 2. The van der Waals surface area contributed by atoms with Gasteiger partial charge in [0.05, 0.1) is 24.1 Å². The van der Waals surface area contributed by atoms with E-state index < -0.39 is 0 Å². The van der Waals surface area contributed by atoms with Gasteiger partial charge in [0.15, 0.2) is 5.82 Å². The fraction of sp³-hybridized carbons (Fsp3) is 0.0417. The van der Waals surface area contributed by atoms with Crippen LogP contribution < -0.4 is 0 Å². The summed E-state index contributed by atoms with van der Waals surface area (Å²) in [4.78, 5) is 16.3. The molecule has 0 atom stereocenters. The van der Waals surface area contributed by atoms with Gasteiger partial charge < -0.3 is 4.74 Å². The van der Waals surface area contributed by atoms with Crippen molar-refractivity contribution in [2.75, 3.05) is 7.11 Å². The highest BCUT2D eigenvalue weighted by Gasteiger charge is 2.11. The summed E-state index contributed by atoms with van der Waals surface area (Å²) in [7, 11) is 1.37. The number of ether oxygens (including phenoxy) is 1. The minimum Gasteiger partial charge on any atom is -0.465 e.